The number of methoxy groups -OCH3 is 1. The van der Waals surface area contributed by atoms with Gasteiger partial charge in [0.15, 0.2) is 0 Å². The van der Waals surface area contributed by atoms with Crippen molar-refractivity contribution in [2.75, 3.05) is 12.8 Å². The molecule has 0 radical (unpaired) electrons. The molecule has 0 unspecified atom stereocenters. The van der Waals surface area contributed by atoms with Crippen molar-refractivity contribution in [3.8, 4) is 16.9 Å². The van der Waals surface area contributed by atoms with Gasteiger partial charge in [0.2, 0.25) is 0 Å². The first-order chi connectivity index (χ1) is 7.63. The molecule has 0 aliphatic carbocycles. The largest absolute Gasteiger partial charge is 0.497 e. The lowest BCUT2D eigenvalue weighted by molar-refractivity contribution is 0.414. The van der Waals surface area contributed by atoms with Crippen LogP contribution in [0.1, 0.15) is 11.1 Å². The summed E-state index contributed by atoms with van der Waals surface area (Å²) in [6, 6.07) is 3.99. The quantitative estimate of drug-likeness (QED) is 0.811. The molecule has 0 saturated heterocycles. The number of hydrogen-bond donors (Lipinski definition) is 2. The Morgan fingerprint density at radius 1 is 1.25 bits per heavy atom. The van der Waals surface area contributed by atoms with E-state index < -0.39 is 0 Å². The van der Waals surface area contributed by atoms with E-state index in [1.54, 1.807) is 13.3 Å². The number of ether oxygens (including phenoxy) is 1. The number of nitrogens with zero attached hydrogens (tertiary/aromatic N) is 1. The molecule has 84 valence electrons. The highest BCUT2D eigenvalue weighted by Crippen LogP contribution is 2.33. The number of hydrogen-bond acceptors (Lipinski definition) is 3. The van der Waals surface area contributed by atoms with Crippen molar-refractivity contribution >= 4 is 5.82 Å². The molecule has 4 heteroatoms. The number of aryl methyl sites for hydroxylation is 2. The summed E-state index contributed by atoms with van der Waals surface area (Å²) >= 11 is 0. The minimum absolute atomic E-state index is 0.594. The van der Waals surface area contributed by atoms with Gasteiger partial charge in [-0.25, -0.2) is 0 Å². The first-order valence-corrected chi connectivity index (χ1v) is 5.08. The Kier molecular flexibility index (Phi) is 2.56. The summed E-state index contributed by atoms with van der Waals surface area (Å²) in [6.45, 7) is 4.08. The van der Waals surface area contributed by atoms with Crippen molar-refractivity contribution in [2.45, 2.75) is 13.8 Å². The van der Waals surface area contributed by atoms with Crippen LogP contribution in [0.5, 0.6) is 5.75 Å². The molecular formula is C12H15N3O. The first kappa shape index (κ1) is 10.5. The number of nitrogens with two attached hydrogens (primary N) is 1. The molecule has 1 aromatic heterocycles. The molecule has 0 amide bonds. The second-order valence-electron chi connectivity index (χ2n) is 3.83. The van der Waals surface area contributed by atoms with Crippen molar-refractivity contribution in [2.24, 2.45) is 0 Å². The minimum atomic E-state index is 0.594. The van der Waals surface area contributed by atoms with Gasteiger partial charge in [-0.15, -0.1) is 0 Å². The van der Waals surface area contributed by atoms with E-state index in [1.807, 2.05) is 26.0 Å². The zero-order chi connectivity index (χ0) is 11.7. The zero-order valence-electron chi connectivity index (χ0n) is 9.66. The molecule has 2 rings (SSSR count). The van der Waals surface area contributed by atoms with Crippen LogP contribution in [0, 0.1) is 13.8 Å². The molecule has 0 spiro atoms. The number of aromatic nitrogens is 2. The molecule has 3 N–H and O–H groups in total. The highest BCUT2D eigenvalue weighted by atomic mass is 16.5. The number of nitrogen functional groups attached to an aromatic ring is 1. The van der Waals surface area contributed by atoms with Gasteiger partial charge in [-0.2, -0.15) is 5.10 Å². The predicted octanol–water partition coefficient (Wildman–Crippen LogP) is 2.28. The lowest BCUT2D eigenvalue weighted by atomic mass is 9.97. The maximum atomic E-state index is 5.83. The van der Waals surface area contributed by atoms with Crippen LogP contribution in [-0.2, 0) is 0 Å². The van der Waals surface area contributed by atoms with Gasteiger partial charge in [-0.05, 0) is 42.7 Å². The van der Waals surface area contributed by atoms with E-state index in [2.05, 4.69) is 10.2 Å². The Hall–Kier alpha value is -1.97. The van der Waals surface area contributed by atoms with E-state index in [-0.39, 0.29) is 0 Å². The maximum absolute atomic E-state index is 5.83. The Bertz CT molecular complexity index is 494. The number of nitrogens with one attached hydrogen (secondary N) is 1. The van der Waals surface area contributed by atoms with Crippen LogP contribution < -0.4 is 10.5 Å². The summed E-state index contributed by atoms with van der Waals surface area (Å²) in [7, 11) is 1.67. The molecule has 0 fully saturated rings. The molecule has 0 aliphatic rings. The second kappa shape index (κ2) is 3.89. The number of benzene rings is 1. The van der Waals surface area contributed by atoms with Gasteiger partial charge in [0, 0.05) is 5.56 Å². The van der Waals surface area contributed by atoms with Gasteiger partial charge >= 0.3 is 0 Å². The molecule has 0 aliphatic heterocycles. The van der Waals surface area contributed by atoms with Crippen molar-refractivity contribution in [3.63, 3.8) is 0 Å². The average Bonchev–Trinajstić information content (AvgIpc) is 2.64. The van der Waals surface area contributed by atoms with Gasteiger partial charge in [-0.3, -0.25) is 5.10 Å². The van der Waals surface area contributed by atoms with Gasteiger partial charge in [0.1, 0.15) is 11.6 Å². The maximum Gasteiger partial charge on any atom is 0.126 e. The Labute approximate surface area is 94.4 Å². The van der Waals surface area contributed by atoms with Gasteiger partial charge in [0.05, 0.1) is 13.3 Å². The van der Waals surface area contributed by atoms with Gasteiger partial charge in [0.25, 0.3) is 0 Å². The van der Waals surface area contributed by atoms with Gasteiger partial charge < -0.3 is 10.5 Å². The molecule has 2 aromatic rings. The van der Waals surface area contributed by atoms with Crippen molar-refractivity contribution in [1.29, 1.82) is 0 Å². The molecular weight excluding hydrogens is 202 g/mol. The standard InChI is InChI=1S/C12H15N3O/c1-7-4-9(16-3)5-8(2)11(7)10-6-14-15-12(10)13/h4-6H,1-3H3,(H3,13,14,15). The lowest BCUT2D eigenvalue weighted by Crippen LogP contribution is -1.94. The summed E-state index contributed by atoms with van der Waals surface area (Å²) in [6.07, 6.45) is 1.75. The predicted molar refractivity (Wildman–Crippen MR) is 64.5 cm³/mol. The third kappa shape index (κ3) is 1.62. The fraction of sp³-hybridized carbons (Fsp3) is 0.250. The summed E-state index contributed by atoms with van der Waals surface area (Å²) in [5.41, 5.74) is 10.2. The average molecular weight is 217 g/mol. The van der Waals surface area contributed by atoms with Crippen LogP contribution in [0.4, 0.5) is 5.82 Å². The zero-order valence-corrected chi connectivity index (χ0v) is 9.66. The van der Waals surface area contributed by atoms with Crippen LogP contribution in [-0.4, -0.2) is 17.3 Å². The molecule has 1 aromatic carbocycles. The molecule has 0 atom stereocenters. The SMILES string of the molecule is COc1cc(C)c(-c2cn[nH]c2N)c(C)c1. The van der Waals surface area contributed by atoms with Crippen molar-refractivity contribution in [1.82, 2.24) is 10.2 Å². The number of rotatable bonds is 2. The Morgan fingerprint density at radius 3 is 2.31 bits per heavy atom. The lowest BCUT2D eigenvalue weighted by Gasteiger charge is -2.11. The molecule has 0 saturated carbocycles. The van der Waals surface area contributed by atoms with E-state index >= 15 is 0 Å². The van der Waals surface area contributed by atoms with Crippen LogP contribution in [0.15, 0.2) is 18.3 Å². The highest BCUT2D eigenvalue weighted by molar-refractivity contribution is 5.78. The molecule has 16 heavy (non-hydrogen) atoms. The third-order valence-corrected chi connectivity index (χ3v) is 2.68. The second-order valence-corrected chi connectivity index (χ2v) is 3.83. The fourth-order valence-corrected chi connectivity index (χ4v) is 1.96. The van der Waals surface area contributed by atoms with Crippen LogP contribution >= 0.6 is 0 Å². The number of anilines is 1. The van der Waals surface area contributed by atoms with Crippen molar-refractivity contribution in [3.05, 3.63) is 29.5 Å². The van der Waals surface area contributed by atoms with E-state index in [1.165, 1.54) is 0 Å². The summed E-state index contributed by atoms with van der Waals surface area (Å²) < 4.78 is 5.22. The van der Waals surface area contributed by atoms with Crippen molar-refractivity contribution < 1.29 is 4.74 Å². The van der Waals surface area contributed by atoms with Crippen LogP contribution in [0.3, 0.4) is 0 Å². The van der Waals surface area contributed by atoms with E-state index in [0.717, 1.165) is 28.0 Å². The number of H-pyrrole nitrogens is 1. The van der Waals surface area contributed by atoms with E-state index in [0.29, 0.717) is 5.82 Å². The third-order valence-electron chi connectivity index (χ3n) is 2.68. The fourth-order valence-electron chi connectivity index (χ4n) is 1.96. The number of aromatic amines is 1. The highest BCUT2D eigenvalue weighted by Gasteiger charge is 2.11. The molecule has 0 bridgehead atoms. The normalized spacial score (nSPS) is 10.4. The first-order valence-electron chi connectivity index (χ1n) is 5.08. The molecule has 1 heterocycles. The Balaban J connectivity index is 2.62. The summed E-state index contributed by atoms with van der Waals surface area (Å²) in [5.74, 6) is 1.46. The summed E-state index contributed by atoms with van der Waals surface area (Å²) in [4.78, 5) is 0. The smallest absolute Gasteiger partial charge is 0.126 e. The minimum Gasteiger partial charge on any atom is -0.497 e. The monoisotopic (exact) mass is 217 g/mol. The Morgan fingerprint density at radius 2 is 1.88 bits per heavy atom. The molecule has 4 nitrogen and oxygen atoms in total. The summed E-state index contributed by atoms with van der Waals surface area (Å²) in [5, 5.41) is 6.69. The van der Waals surface area contributed by atoms with Gasteiger partial charge in [-0.1, -0.05) is 0 Å². The topological polar surface area (TPSA) is 63.9 Å². The van der Waals surface area contributed by atoms with Crippen LogP contribution in [0.2, 0.25) is 0 Å². The van der Waals surface area contributed by atoms with Crippen LogP contribution in [0.25, 0.3) is 11.1 Å². The van der Waals surface area contributed by atoms with E-state index in [9.17, 15) is 0 Å². The van der Waals surface area contributed by atoms with E-state index in [4.69, 9.17) is 10.5 Å².